The number of rotatable bonds is 1. The Kier molecular flexibility index (Phi) is 3.68. The quantitative estimate of drug-likeness (QED) is 0.797. The van der Waals surface area contributed by atoms with E-state index < -0.39 is 0 Å². The van der Waals surface area contributed by atoms with Crippen LogP contribution >= 0.6 is 0 Å². The third-order valence-electron chi connectivity index (χ3n) is 4.85. The largest absolute Gasteiger partial charge is 0.399 e. The Morgan fingerprint density at radius 1 is 1.15 bits per heavy atom. The van der Waals surface area contributed by atoms with Gasteiger partial charge in [-0.2, -0.15) is 0 Å². The van der Waals surface area contributed by atoms with Gasteiger partial charge in [0.1, 0.15) is 0 Å². The van der Waals surface area contributed by atoms with Crippen LogP contribution in [0.15, 0.2) is 18.2 Å². The summed E-state index contributed by atoms with van der Waals surface area (Å²) in [5.41, 5.74) is 8.39. The molecular weight excluding hydrogens is 248 g/mol. The van der Waals surface area contributed by atoms with Gasteiger partial charge in [-0.1, -0.05) is 12.8 Å². The minimum absolute atomic E-state index is 0.178. The Balaban J connectivity index is 1.84. The van der Waals surface area contributed by atoms with Crippen LogP contribution in [0.2, 0.25) is 0 Å². The van der Waals surface area contributed by atoms with Crippen molar-refractivity contribution in [2.24, 2.45) is 5.92 Å². The number of nitrogens with zero attached hydrogens (tertiary/aromatic N) is 1. The molecule has 2 atom stereocenters. The number of piperidine rings is 1. The smallest absolute Gasteiger partial charge is 0.254 e. The second kappa shape index (κ2) is 5.47. The summed E-state index contributed by atoms with van der Waals surface area (Å²) >= 11 is 0. The molecule has 1 aliphatic heterocycles. The number of aryl methyl sites for hydroxylation is 1. The first-order chi connectivity index (χ1) is 9.65. The van der Waals surface area contributed by atoms with Crippen molar-refractivity contribution < 1.29 is 4.79 Å². The number of nitrogen functional groups attached to an aromatic ring is 1. The Hall–Kier alpha value is -1.51. The molecule has 0 unspecified atom stereocenters. The summed E-state index contributed by atoms with van der Waals surface area (Å²) in [6.45, 7) is 2.90. The summed E-state index contributed by atoms with van der Waals surface area (Å²) in [6.07, 6.45) is 7.52. The molecule has 2 aliphatic rings. The van der Waals surface area contributed by atoms with Crippen molar-refractivity contribution in [3.8, 4) is 0 Å². The van der Waals surface area contributed by atoms with Crippen LogP contribution in [0.3, 0.4) is 0 Å². The molecule has 1 saturated heterocycles. The number of carbonyl (C=O) groups is 1. The zero-order valence-corrected chi connectivity index (χ0v) is 12.3. The molecule has 2 N–H and O–H groups in total. The highest BCUT2D eigenvalue weighted by Crippen LogP contribution is 2.36. The van der Waals surface area contributed by atoms with Crippen molar-refractivity contribution in [2.75, 3.05) is 12.3 Å². The van der Waals surface area contributed by atoms with Gasteiger partial charge in [0.2, 0.25) is 0 Å². The molecule has 108 valence electrons. The molecule has 0 radical (unpaired) electrons. The van der Waals surface area contributed by atoms with E-state index in [0.717, 1.165) is 30.0 Å². The number of benzene rings is 1. The first-order valence-corrected chi connectivity index (χ1v) is 7.83. The predicted molar refractivity (Wildman–Crippen MR) is 81.6 cm³/mol. The summed E-state index contributed by atoms with van der Waals surface area (Å²) in [6, 6.07) is 6.16. The van der Waals surface area contributed by atoms with Crippen LogP contribution in [-0.2, 0) is 0 Å². The SMILES string of the molecule is Cc1cc(N)cc(C(=O)N2CCC[C@H]3CCCC[C@H]32)c1. The number of likely N-dealkylation sites (tertiary alicyclic amines) is 1. The van der Waals surface area contributed by atoms with Gasteiger partial charge < -0.3 is 10.6 Å². The van der Waals surface area contributed by atoms with Crippen LogP contribution in [0.5, 0.6) is 0 Å². The van der Waals surface area contributed by atoms with Gasteiger partial charge in [-0.15, -0.1) is 0 Å². The normalized spacial score (nSPS) is 26.1. The average molecular weight is 272 g/mol. The summed E-state index contributed by atoms with van der Waals surface area (Å²) in [7, 11) is 0. The minimum atomic E-state index is 0.178. The Morgan fingerprint density at radius 3 is 2.70 bits per heavy atom. The molecule has 0 spiro atoms. The lowest BCUT2D eigenvalue weighted by Gasteiger charge is -2.44. The van der Waals surface area contributed by atoms with E-state index in [1.807, 2.05) is 25.1 Å². The Morgan fingerprint density at radius 2 is 1.90 bits per heavy atom. The minimum Gasteiger partial charge on any atom is -0.399 e. The van der Waals surface area contributed by atoms with Crippen molar-refractivity contribution in [2.45, 2.75) is 51.5 Å². The van der Waals surface area contributed by atoms with E-state index in [9.17, 15) is 4.79 Å². The maximum absolute atomic E-state index is 12.8. The highest BCUT2D eigenvalue weighted by Gasteiger charge is 2.35. The number of fused-ring (bicyclic) bond motifs is 1. The molecule has 3 heteroatoms. The summed E-state index contributed by atoms with van der Waals surface area (Å²) in [5.74, 6) is 0.903. The number of hydrogen-bond donors (Lipinski definition) is 1. The van der Waals surface area contributed by atoms with Gasteiger partial charge in [0.15, 0.2) is 0 Å². The second-order valence-electron chi connectivity index (χ2n) is 6.39. The number of nitrogens with two attached hydrogens (primary N) is 1. The van der Waals surface area contributed by atoms with Crippen LogP contribution in [0.4, 0.5) is 5.69 Å². The second-order valence-corrected chi connectivity index (χ2v) is 6.39. The number of amides is 1. The fourth-order valence-corrected chi connectivity index (χ4v) is 3.98. The molecule has 0 aromatic heterocycles. The lowest BCUT2D eigenvalue weighted by Crippen LogP contribution is -2.49. The topological polar surface area (TPSA) is 46.3 Å². The predicted octanol–water partition coefficient (Wildman–Crippen LogP) is 3.37. The molecule has 1 heterocycles. The van der Waals surface area contributed by atoms with Crippen LogP contribution < -0.4 is 5.73 Å². The molecule has 1 amide bonds. The van der Waals surface area contributed by atoms with E-state index in [0.29, 0.717) is 11.7 Å². The summed E-state index contributed by atoms with van der Waals surface area (Å²) in [5, 5.41) is 0. The summed E-state index contributed by atoms with van der Waals surface area (Å²) in [4.78, 5) is 15.0. The van der Waals surface area contributed by atoms with Crippen molar-refractivity contribution in [1.29, 1.82) is 0 Å². The maximum Gasteiger partial charge on any atom is 0.254 e. The zero-order valence-electron chi connectivity index (χ0n) is 12.3. The van der Waals surface area contributed by atoms with Gasteiger partial charge in [0, 0.05) is 23.8 Å². The monoisotopic (exact) mass is 272 g/mol. The molecule has 1 aromatic carbocycles. The van der Waals surface area contributed by atoms with Gasteiger partial charge in [0.05, 0.1) is 0 Å². The molecule has 3 nitrogen and oxygen atoms in total. The van der Waals surface area contributed by atoms with Crippen LogP contribution in [-0.4, -0.2) is 23.4 Å². The first-order valence-electron chi connectivity index (χ1n) is 7.83. The number of carbonyl (C=O) groups excluding carboxylic acids is 1. The van der Waals surface area contributed by atoms with Crippen LogP contribution in [0, 0.1) is 12.8 Å². The third-order valence-corrected chi connectivity index (χ3v) is 4.85. The van der Waals surface area contributed by atoms with E-state index in [1.165, 1.54) is 32.1 Å². The highest BCUT2D eigenvalue weighted by molar-refractivity contribution is 5.95. The lowest BCUT2D eigenvalue weighted by molar-refractivity contribution is 0.0390. The average Bonchev–Trinajstić information content (AvgIpc) is 2.45. The molecule has 0 bridgehead atoms. The maximum atomic E-state index is 12.8. The number of anilines is 1. The van der Waals surface area contributed by atoms with E-state index in [2.05, 4.69) is 4.90 Å². The fourth-order valence-electron chi connectivity index (χ4n) is 3.98. The third kappa shape index (κ3) is 2.54. The molecule has 2 fully saturated rings. The molecule has 3 rings (SSSR count). The molecule has 1 saturated carbocycles. The van der Waals surface area contributed by atoms with Gasteiger partial charge >= 0.3 is 0 Å². The van der Waals surface area contributed by atoms with Gasteiger partial charge in [-0.05, 0) is 62.3 Å². The molecular formula is C17H24N2O. The summed E-state index contributed by atoms with van der Waals surface area (Å²) < 4.78 is 0. The van der Waals surface area contributed by atoms with Crippen molar-refractivity contribution >= 4 is 11.6 Å². The van der Waals surface area contributed by atoms with E-state index in [-0.39, 0.29) is 5.91 Å². The molecule has 1 aromatic rings. The zero-order chi connectivity index (χ0) is 14.1. The fraction of sp³-hybridized carbons (Fsp3) is 0.588. The van der Waals surface area contributed by atoms with Crippen molar-refractivity contribution in [3.63, 3.8) is 0 Å². The Labute approximate surface area is 121 Å². The van der Waals surface area contributed by atoms with Crippen molar-refractivity contribution in [3.05, 3.63) is 29.3 Å². The van der Waals surface area contributed by atoms with E-state index >= 15 is 0 Å². The van der Waals surface area contributed by atoms with E-state index in [4.69, 9.17) is 5.73 Å². The van der Waals surface area contributed by atoms with Gasteiger partial charge in [-0.3, -0.25) is 4.79 Å². The van der Waals surface area contributed by atoms with Gasteiger partial charge in [-0.25, -0.2) is 0 Å². The first kappa shape index (κ1) is 13.5. The molecule has 20 heavy (non-hydrogen) atoms. The van der Waals surface area contributed by atoms with E-state index in [1.54, 1.807) is 0 Å². The van der Waals surface area contributed by atoms with Crippen molar-refractivity contribution in [1.82, 2.24) is 4.90 Å². The lowest BCUT2D eigenvalue weighted by atomic mass is 9.78. The van der Waals surface area contributed by atoms with Crippen LogP contribution in [0.25, 0.3) is 0 Å². The Bertz CT molecular complexity index is 489. The number of hydrogen-bond acceptors (Lipinski definition) is 2. The molecule has 1 aliphatic carbocycles. The van der Waals surface area contributed by atoms with Crippen LogP contribution in [0.1, 0.15) is 54.4 Å². The van der Waals surface area contributed by atoms with Gasteiger partial charge in [0.25, 0.3) is 5.91 Å². The highest BCUT2D eigenvalue weighted by atomic mass is 16.2. The standard InChI is InChI=1S/C17H24N2O/c1-12-9-14(11-15(18)10-12)17(20)19-8-4-6-13-5-2-3-7-16(13)19/h9-11,13,16H,2-8,18H2,1H3/t13-,16-/m1/s1.